The van der Waals surface area contributed by atoms with Gasteiger partial charge in [0.05, 0.1) is 10.5 Å². The van der Waals surface area contributed by atoms with Crippen molar-refractivity contribution in [3.8, 4) is 0 Å². The molecule has 146 valence electrons. The molecule has 0 saturated carbocycles. The molecule has 2 aromatic rings. The van der Waals surface area contributed by atoms with Crippen molar-refractivity contribution < 1.29 is 40.3 Å². The van der Waals surface area contributed by atoms with Crippen molar-refractivity contribution in [1.82, 2.24) is 4.98 Å². The van der Waals surface area contributed by atoms with E-state index in [1.165, 1.54) is 25.1 Å². The first-order valence-corrected chi connectivity index (χ1v) is 8.86. The number of nitrogens with zero attached hydrogens (tertiary/aromatic N) is 1. The van der Waals surface area contributed by atoms with Crippen LogP contribution in [0.3, 0.4) is 0 Å². The summed E-state index contributed by atoms with van der Waals surface area (Å²) in [5.41, 5.74) is -6.02. The number of rotatable bonds is 5. The summed E-state index contributed by atoms with van der Waals surface area (Å²) in [5.74, 6) is -2.11. The molecule has 1 aromatic carbocycles. The zero-order chi connectivity index (χ0) is 20.6. The van der Waals surface area contributed by atoms with E-state index in [2.05, 4.69) is 4.98 Å². The molecule has 0 bridgehead atoms. The number of carbonyl (C=O) groups is 1. The predicted molar refractivity (Wildman–Crippen MR) is 82.4 cm³/mol. The van der Waals surface area contributed by atoms with E-state index < -0.39 is 67.1 Å². The lowest BCUT2D eigenvalue weighted by Crippen LogP contribution is -2.23. The van der Waals surface area contributed by atoms with Crippen LogP contribution in [0.4, 0.5) is 22.0 Å². The monoisotopic (exact) mass is 409 g/mol. The third-order valence-corrected chi connectivity index (χ3v) is 5.53. The lowest BCUT2D eigenvalue weighted by Gasteiger charge is -2.20. The molecule has 1 aromatic heterocycles. The molecule has 0 aliphatic carbocycles. The number of aromatic nitrogens is 1. The standard InChI is InChI=1S/C16H12F5NO4S/c1-2-9-10(15(23)24)13(16(19,20)21)22-11(14(17)18)12(9)27(25,26)8-6-4-3-5-7-8/h3-7,14H,2H2,1H3,(H,23,24). The Hall–Kier alpha value is -2.56. The Morgan fingerprint density at radius 3 is 2.15 bits per heavy atom. The molecule has 5 nitrogen and oxygen atoms in total. The summed E-state index contributed by atoms with van der Waals surface area (Å²) in [7, 11) is -4.75. The van der Waals surface area contributed by atoms with Gasteiger partial charge in [0.25, 0.3) is 6.43 Å². The summed E-state index contributed by atoms with van der Waals surface area (Å²) >= 11 is 0. The van der Waals surface area contributed by atoms with Crippen LogP contribution in [-0.4, -0.2) is 24.5 Å². The maximum absolute atomic E-state index is 13.4. The molecular formula is C16H12F5NO4S. The fraction of sp³-hybridized carbons (Fsp3) is 0.250. The van der Waals surface area contributed by atoms with Crippen LogP contribution in [0.5, 0.6) is 0 Å². The Morgan fingerprint density at radius 2 is 1.74 bits per heavy atom. The number of alkyl halides is 5. The van der Waals surface area contributed by atoms with E-state index in [9.17, 15) is 40.3 Å². The topological polar surface area (TPSA) is 84.3 Å². The van der Waals surface area contributed by atoms with Crippen LogP contribution in [0.1, 0.15) is 40.7 Å². The van der Waals surface area contributed by atoms with Gasteiger partial charge in [-0.2, -0.15) is 13.2 Å². The lowest BCUT2D eigenvalue weighted by atomic mass is 10.0. The summed E-state index contributed by atoms with van der Waals surface area (Å²) < 4.78 is 92.2. The molecule has 0 unspecified atom stereocenters. The van der Waals surface area contributed by atoms with Crippen LogP contribution in [0, 0.1) is 0 Å². The van der Waals surface area contributed by atoms with Crippen molar-refractivity contribution in [3.63, 3.8) is 0 Å². The van der Waals surface area contributed by atoms with E-state index in [0.29, 0.717) is 0 Å². The minimum absolute atomic E-state index is 0.473. The highest BCUT2D eigenvalue weighted by molar-refractivity contribution is 7.91. The minimum atomic E-state index is -5.36. The average molecular weight is 409 g/mol. The summed E-state index contributed by atoms with van der Waals surface area (Å²) in [6.07, 6.45) is -9.59. The van der Waals surface area contributed by atoms with Gasteiger partial charge in [0, 0.05) is 0 Å². The molecule has 0 radical (unpaired) electrons. The van der Waals surface area contributed by atoms with E-state index in [-0.39, 0.29) is 0 Å². The molecule has 0 fully saturated rings. The second-order valence-corrected chi connectivity index (χ2v) is 7.19. The second-order valence-electron chi connectivity index (χ2n) is 5.30. The summed E-state index contributed by atoms with van der Waals surface area (Å²) in [6, 6.07) is 6.14. The van der Waals surface area contributed by atoms with Crippen molar-refractivity contribution in [2.75, 3.05) is 0 Å². The van der Waals surface area contributed by atoms with Gasteiger partial charge in [0.2, 0.25) is 9.84 Å². The Bertz CT molecular complexity index is 973. The molecule has 0 spiro atoms. The number of halogens is 5. The molecule has 1 heterocycles. The highest BCUT2D eigenvalue weighted by Gasteiger charge is 2.43. The van der Waals surface area contributed by atoms with Gasteiger partial charge < -0.3 is 5.11 Å². The number of pyridine rings is 1. The van der Waals surface area contributed by atoms with Crippen LogP contribution >= 0.6 is 0 Å². The number of benzene rings is 1. The zero-order valence-electron chi connectivity index (χ0n) is 13.6. The Kier molecular flexibility index (Phi) is 5.55. The molecule has 0 aliphatic heterocycles. The first kappa shape index (κ1) is 20.7. The number of carboxylic acid groups (broad SMARTS) is 1. The van der Waals surface area contributed by atoms with Crippen molar-refractivity contribution >= 4 is 15.8 Å². The highest BCUT2D eigenvalue weighted by Crippen LogP contribution is 2.40. The van der Waals surface area contributed by atoms with E-state index in [1.54, 1.807) is 0 Å². The Balaban J connectivity index is 3.05. The number of hydrogen-bond acceptors (Lipinski definition) is 4. The summed E-state index contributed by atoms with van der Waals surface area (Å²) in [6.45, 7) is 1.17. The van der Waals surface area contributed by atoms with Gasteiger partial charge in [0.1, 0.15) is 10.6 Å². The number of hydrogen-bond donors (Lipinski definition) is 1. The summed E-state index contributed by atoms with van der Waals surface area (Å²) in [5, 5.41) is 9.21. The quantitative estimate of drug-likeness (QED) is 0.751. The largest absolute Gasteiger partial charge is 0.478 e. The molecule has 0 atom stereocenters. The second kappa shape index (κ2) is 7.22. The van der Waals surface area contributed by atoms with Crippen molar-refractivity contribution in [2.45, 2.75) is 35.7 Å². The van der Waals surface area contributed by atoms with E-state index >= 15 is 0 Å². The lowest BCUT2D eigenvalue weighted by molar-refractivity contribution is -0.142. The fourth-order valence-corrected chi connectivity index (χ4v) is 4.31. The van der Waals surface area contributed by atoms with Gasteiger partial charge in [-0.25, -0.2) is 27.0 Å². The molecule has 0 amide bonds. The Morgan fingerprint density at radius 1 is 1.19 bits per heavy atom. The van der Waals surface area contributed by atoms with Crippen molar-refractivity contribution in [3.05, 3.63) is 52.8 Å². The maximum atomic E-state index is 13.4. The van der Waals surface area contributed by atoms with Gasteiger partial charge in [-0.1, -0.05) is 25.1 Å². The van der Waals surface area contributed by atoms with Gasteiger partial charge in [-0.05, 0) is 24.1 Å². The minimum Gasteiger partial charge on any atom is -0.478 e. The molecular weight excluding hydrogens is 397 g/mol. The Labute approximate surface area is 150 Å². The molecule has 2 rings (SSSR count). The van der Waals surface area contributed by atoms with E-state index in [1.807, 2.05) is 0 Å². The van der Waals surface area contributed by atoms with Crippen LogP contribution in [0.2, 0.25) is 0 Å². The SMILES string of the molecule is CCc1c(C(=O)O)c(C(F)(F)F)nc(C(F)F)c1S(=O)(=O)c1ccccc1. The van der Waals surface area contributed by atoms with Crippen molar-refractivity contribution in [1.29, 1.82) is 0 Å². The molecule has 27 heavy (non-hydrogen) atoms. The van der Waals surface area contributed by atoms with Crippen LogP contribution < -0.4 is 0 Å². The van der Waals surface area contributed by atoms with Gasteiger partial charge >= 0.3 is 12.1 Å². The first-order chi connectivity index (χ1) is 12.4. The maximum Gasteiger partial charge on any atom is 0.434 e. The van der Waals surface area contributed by atoms with Gasteiger partial charge in [0.15, 0.2) is 5.69 Å². The van der Waals surface area contributed by atoms with Crippen LogP contribution in [0.25, 0.3) is 0 Å². The summed E-state index contributed by atoms with van der Waals surface area (Å²) in [4.78, 5) is 12.5. The van der Waals surface area contributed by atoms with Gasteiger partial charge in [-0.3, -0.25) is 0 Å². The highest BCUT2D eigenvalue weighted by atomic mass is 32.2. The molecule has 1 N–H and O–H groups in total. The first-order valence-electron chi connectivity index (χ1n) is 7.38. The fourth-order valence-electron chi connectivity index (χ4n) is 2.58. The normalized spacial score (nSPS) is 12.4. The molecule has 0 saturated heterocycles. The molecule has 0 aliphatic rings. The number of aromatic carboxylic acids is 1. The predicted octanol–water partition coefficient (Wildman–Crippen LogP) is 4.13. The van der Waals surface area contributed by atoms with E-state index in [4.69, 9.17) is 0 Å². The zero-order valence-corrected chi connectivity index (χ0v) is 14.4. The van der Waals surface area contributed by atoms with Gasteiger partial charge in [-0.15, -0.1) is 0 Å². The van der Waals surface area contributed by atoms with Crippen LogP contribution in [-0.2, 0) is 22.4 Å². The third-order valence-electron chi connectivity index (χ3n) is 3.64. The average Bonchev–Trinajstić information content (AvgIpc) is 2.59. The number of sulfone groups is 1. The van der Waals surface area contributed by atoms with Crippen molar-refractivity contribution in [2.24, 2.45) is 0 Å². The van der Waals surface area contributed by atoms with Crippen LogP contribution in [0.15, 0.2) is 40.1 Å². The third kappa shape index (κ3) is 3.77. The van der Waals surface area contributed by atoms with E-state index in [0.717, 1.165) is 12.1 Å². The smallest absolute Gasteiger partial charge is 0.434 e. The molecule has 11 heteroatoms. The number of carboxylic acids is 1.